The highest BCUT2D eigenvalue weighted by molar-refractivity contribution is 9.10. The summed E-state index contributed by atoms with van der Waals surface area (Å²) < 4.78 is 2.72. The van der Waals surface area contributed by atoms with E-state index in [2.05, 4.69) is 26.5 Å². The maximum atomic E-state index is 12.6. The Morgan fingerprint density at radius 3 is 2.70 bits per heavy atom. The molecule has 0 spiro atoms. The average Bonchev–Trinajstić information content (AvgIpc) is 3.08. The van der Waals surface area contributed by atoms with E-state index in [4.69, 9.17) is 4.98 Å². The first-order valence-electron chi connectivity index (χ1n) is 9.38. The molecule has 0 saturated carbocycles. The summed E-state index contributed by atoms with van der Waals surface area (Å²) in [6, 6.07) is 22.8. The van der Waals surface area contributed by atoms with Crippen LogP contribution in [-0.2, 0) is 17.8 Å². The van der Waals surface area contributed by atoms with E-state index in [1.54, 1.807) is 18.2 Å². The fourth-order valence-corrected chi connectivity index (χ4v) is 3.58. The summed E-state index contributed by atoms with van der Waals surface area (Å²) in [7, 11) is 0. The molecule has 0 unspecified atom stereocenters. The van der Waals surface area contributed by atoms with Gasteiger partial charge in [0.15, 0.2) is 0 Å². The van der Waals surface area contributed by atoms with Gasteiger partial charge in [-0.2, -0.15) is 5.10 Å². The number of amides is 1. The minimum Gasteiger partial charge on any atom is -0.507 e. The lowest BCUT2D eigenvalue weighted by atomic mass is 10.1. The number of halogens is 1. The third-order valence-corrected chi connectivity index (χ3v) is 5.12. The Morgan fingerprint density at radius 1 is 1.10 bits per heavy atom. The number of rotatable bonds is 6. The Labute approximate surface area is 182 Å². The standard InChI is InChI=1S/C23H19BrN4O2/c24-18-10-11-21(29)17(13-18)14-25-27-23(30)15-28-20-9-5-4-8-19(20)26-22(28)12-16-6-2-1-3-7-16/h1-11,13-14,29H,12,15H2,(H,27,30)/b25-14+. The van der Waals surface area contributed by atoms with Crippen molar-refractivity contribution in [3.05, 3.63) is 94.2 Å². The van der Waals surface area contributed by atoms with Crippen LogP contribution < -0.4 is 5.43 Å². The van der Waals surface area contributed by atoms with Crippen molar-refractivity contribution in [1.82, 2.24) is 15.0 Å². The van der Waals surface area contributed by atoms with Gasteiger partial charge in [0.1, 0.15) is 18.1 Å². The quantitative estimate of drug-likeness (QED) is 0.332. The minimum absolute atomic E-state index is 0.0851. The smallest absolute Gasteiger partial charge is 0.260 e. The van der Waals surface area contributed by atoms with Crippen LogP contribution in [0.1, 0.15) is 17.0 Å². The van der Waals surface area contributed by atoms with Crippen LogP contribution in [0.25, 0.3) is 11.0 Å². The van der Waals surface area contributed by atoms with Crippen LogP contribution in [0.3, 0.4) is 0 Å². The van der Waals surface area contributed by atoms with Crippen molar-refractivity contribution in [2.45, 2.75) is 13.0 Å². The van der Waals surface area contributed by atoms with Gasteiger partial charge in [-0.05, 0) is 35.9 Å². The number of carbonyl (C=O) groups is 1. The van der Waals surface area contributed by atoms with Gasteiger partial charge in [0.25, 0.3) is 5.91 Å². The third kappa shape index (κ3) is 4.58. The molecule has 1 amide bonds. The number of hydrogen-bond acceptors (Lipinski definition) is 4. The van der Waals surface area contributed by atoms with Crippen LogP contribution in [-0.4, -0.2) is 26.8 Å². The van der Waals surface area contributed by atoms with Crippen molar-refractivity contribution in [1.29, 1.82) is 0 Å². The maximum absolute atomic E-state index is 12.6. The number of hydrogen-bond donors (Lipinski definition) is 2. The van der Waals surface area contributed by atoms with Crippen LogP contribution >= 0.6 is 15.9 Å². The molecular weight excluding hydrogens is 444 g/mol. The normalized spacial score (nSPS) is 11.2. The lowest BCUT2D eigenvalue weighted by Crippen LogP contribution is -2.24. The Morgan fingerprint density at radius 2 is 1.87 bits per heavy atom. The zero-order valence-electron chi connectivity index (χ0n) is 16.0. The number of nitrogens with zero attached hydrogens (tertiary/aromatic N) is 3. The molecule has 2 N–H and O–H groups in total. The van der Waals surface area contributed by atoms with E-state index in [0.717, 1.165) is 26.9 Å². The predicted octanol–water partition coefficient (Wildman–Crippen LogP) is 4.25. The molecule has 6 nitrogen and oxygen atoms in total. The van der Waals surface area contributed by atoms with Gasteiger partial charge in [-0.3, -0.25) is 4.79 Å². The molecule has 0 bridgehead atoms. The number of fused-ring (bicyclic) bond motifs is 1. The predicted molar refractivity (Wildman–Crippen MR) is 121 cm³/mol. The molecule has 1 heterocycles. The van der Waals surface area contributed by atoms with Gasteiger partial charge in [0.05, 0.1) is 17.2 Å². The SMILES string of the molecule is O=C(Cn1c(Cc2ccccc2)nc2ccccc21)N/N=C/c1cc(Br)ccc1O. The lowest BCUT2D eigenvalue weighted by Gasteiger charge is -2.08. The minimum atomic E-state index is -0.279. The van der Waals surface area contributed by atoms with Crippen molar-refractivity contribution in [3.63, 3.8) is 0 Å². The molecule has 0 aliphatic rings. The first-order valence-corrected chi connectivity index (χ1v) is 10.2. The summed E-state index contributed by atoms with van der Waals surface area (Å²) in [4.78, 5) is 17.3. The Balaban J connectivity index is 1.53. The molecule has 4 rings (SSSR count). The van der Waals surface area contributed by atoms with Crippen LogP contribution in [0.4, 0.5) is 0 Å². The molecule has 4 aromatic rings. The van der Waals surface area contributed by atoms with E-state index in [0.29, 0.717) is 12.0 Å². The highest BCUT2D eigenvalue weighted by Crippen LogP contribution is 2.20. The summed E-state index contributed by atoms with van der Waals surface area (Å²) in [6.07, 6.45) is 2.03. The Hall–Kier alpha value is -3.45. The topological polar surface area (TPSA) is 79.5 Å². The maximum Gasteiger partial charge on any atom is 0.260 e. The number of carbonyl (C=O) groups excluding carboxylic acids is 1. The number of aromatic hydroxyl groups is 1. The number of imidazole rings is 1. The fraction of sp³-hybridized carbons (Fsp3) is 0.0870. The fourth-order valence-electron chi connectivity index (χ4n) is 3.20. The molecular formula is C23H19BrN4O2. The summed E-state index contributed by atoms with van der Waals surface area (Å²) in [6.45, 7) is 0.0878. The number of para-hydroxylation sites is 2. The summed E-state index contributed by atoms with van der Waals surface area (Å²) >= 11 is 3.34. The molecule has 1 aromatic heterocycles. The van der Waals surface area contributed by atoms with Gasteiger partial charge in [0.2, 0.25) is 0 Å². The molecule has 0 atom stereocenters. The summed E-state index contributed by atoms with van der Waals surface area (Å²) in [5.41, 5.74) is 5.89. The van der Waals surface area contributed by atoms with E-state index in [9.17, 15) is 9.90 Å². The molecule has 0 aliphatic carbocycles. The number of phenolic OH excluding ortho intramolecular Hbond substituents is 1. The molecule has 7 heteroatoms. The van der Waals surface area contributed by atoms with E-state index in [1.165, 1.54) is 6.21 Å². The van der Waals surface area contributed by atoms with Crippen molar-refractivity contribution in [2.75, 3.05) is 0 Å². The second-order valence-corrected chi connectivity index (χ2v) is 7.68. The van der Waals surface area contributed by atoms with Gasteiger partial charge in [0, 0.05) is 16.5 Å². The van der Waals surface area contributed by atoms with Crippen LogP contribution in [0.15, 0.2) is 82.4 Å². The van der Waals surface area contributed by atoms with E-state index in [-0.39, 0.29) is 18.2 Å². The second-order valence-electron chi connectivity index (χ2n) is 6.76. The molecule has 0 saturated heterocycles. The summed E-state index contributed by atoms with van der Waals surface area (Å²) in [5.74, 6) is 0.617. The van der Waals surface area contributed by atoms with Gasteiger partial charge in [-0.15, -0.1) is 0 Å². The first kappa shape index (κ1) is 19.8. The van der Waals surface area contributed by atoms with E-state index < -0.39 is 0 Å². The van der Waals surface area contributed by atoms with Crippen LogP contribution in [0, 0.1) is 0 Å². The average molecular weight is 463 g/mol. The Kier molecular flexibility index (Phi) is 5.90. The van der Waals surface area contributed by atoms with Crippen molar-refractivity contribution in [3.8, 4) is 5.75 Å². The first-order chi connectivity index (χ1) is 14.6. The number of aromatic nitrogens is 2. The van der Waals surface area contributed by atoms with Crippen LogP contribution in [0.5, 0.6) is 5.75 Å². The van der Waals surface area contributed by atoms with E-state index >= 15 is 0 Å². The molecule has 30 heavy (non-hydrogen) atoms. The molecule has 0 radical (unpaired) electrons. The number of nitrogens with one attached hydrogen (secondary N) is 1. The molecule has 0 fully saturated rings. The zero-order valence-corrected chi connectivity index (χ0v) is 17.6. The van der Waals surface area contributed by atoms with Gasteiger partial charge in [-0.1, -0.05) is 58.4 Å². The molecule has 3 aromatic carbocycles. The number of hydrazone groups is 1. The van der Waals surface area contributed by atoms with E-state index in [1.807, 2.05) is 59.2 Å². The summed E-state index contributed by atoms with van der Waals surface area (Å²) in [5, 5.41) is 13.8. The van der Waals surface area contributed by atoms with Crippen molar-refractivity contribution in [2.24, 2.45) is 5.10 Å². The highest BCUT2D eigenvalue weighted by Gasteiger charge is 2.14. The molecule has 0 aliphatic heterocycles. The monoisotopic (exact) mass is 462 g/mol. The largest absolute Gasteiger partial charge is 0.507 e. The van der Waals surface area contributed by atoms with Gasteiger partial charge < -0.3 is 9.67 Å². The Bertz CT molecular complexity index is 1220. The van der Waals surface area contributed by atoms with Gasteiger partial charge in [-0.25, -0.2) is 10.4 Å². The van der Waals surface area contributed by atoms with Crippen molar-refractivity contribution >= 4 is 39.1 Å². The third-order valence-electron chi connectivity index (χ3n) is 4.62. The number of benzene rings is 3. The lowest BCUT2D eigenvalue weighted by molar-refractivity contribution is -0.121. The zero-order chi connectivity index (χ0) is 20.9. The molecule has 150 valence electrons. The van der Waals surface area contributed by atoms with Gasteiger partial charge >= 0.3 is 0 Å². The number of phenols is 1. The highest BCUT2D eigenvalue weighted by atomic mass is 79.9. The van der Waals surface area contributed by atoms with Crippen LogP contribution in [0.2, 0.25) is 0 Å². The second kappa shape index (κ2) is 8.92. The van der Waals surface area contributed by atoms with Crippen molar-refractivity contribution < 1.29 is 9.90 Å².